The van der Waals surface area contributed by atoms with Gasteiger partial charge in [-0.2, -0.15) is 0 Å². The van der Waals surface area contributed by atoms with Crippen LogP contribution in [0, 0.1) is 23.6 Å². The predicted octanol–water partition coefficient (Wildman–Crippen LogP) is 2.78. The summed E-state index contributed by atoms with van der Waals surface area (Å²) in [5.74, 6) is 1.37. The summed E-state index contributed by atoms with van der Waals surface area (Å²) < 4.78 is 13.4. The van der Waals surface area contributed by atoms with Gasteiger partial charge in [-0.3, -0.25) is 9.78 Å². The summed E-state index contributed by atoms with van der Waals surface area (Å²) in [6.45, 7) is 0.682. The summed E-state index contributed by atoms with van der Waals surface area (Å²) in [6.07, 6.45) is 9.02. The third kappa shape index (κ3) is 2.48. The molecule has 1 N–H and O–H groups in total. The average molecular weight is 262 g/mol. The molecule has 2 saturated carbocycles. The normalized spacial score (nSPS) is 29.2. The quantitative estimate of drug-likeness (QED) is 0.910. The Balaban J connectivity index is 1.58. The van der Waals surface area contributed by atoms with Crippen molar-refractivity contribution in [2.45, 2.75) is 32.1 Å². The number of carbonyl (C=O) groups is 1. The minimum absolute atomic E-state index is 0.0935. The number of fused-ring (bicyclic) bond motifs is 1. The number of pyridine rings is 1. The largest absolute Gasteiger partial charge is 0.352 e. The van der Waals surface area contributed by atoms with E-state index in [0.29, 0.717) is 12.5 Å². The van der Waals surface area contributed by atoms with Crippen LogP contribution in [0.5, 0.6) is 0 Å². The van der Waals surface area contributed by atoms with Gasteiger partial charge in [-0.25, -0.2) is 4.39 Å². The molecule has 3 nitrogen and oxygen atoms in total. The number of hydrogen-bond donors (Lipinski definition) is 1. The molecule has 0 radical (unpaired) electrons. The van der Waals surface area contributed by atoms with Gasteiger partial charge in [0, 0.05) is 12.7 Å². The lowest BCUT2D eigenvalue weighted by atomic mass is 9.92. The number of hydrogen-bond acceptors (Lipinski definition) is 2. The molecule has 4 heteroatoms. The molecular formula is C15H19FN2O. The van der Waals surface area contributed by atoms with E-state index in [0.717, 1.165) is 18.0 Å². The molecule has 3 atom stereocenters. The molecule has 19 heavy (non-hydrogen) atoms. The van der Waals surface area contributed by atoms with Gasteiger partial charge in [-0.05, 0) is 43.1 Å². The summed E-state index contributed by atoms with van der Waals surface area (Å²) in [5, 5.41) is 2.89. The Hall–Kier alpha value is -1.45. The molecule has 3 rings (SSSR count). The van der Waals surface area contributed by atoms with Gasteiger partial charge in [-0.1, -0.05) is 12.8 Å². The number of rotatable bonds is 3. The van der Waals surface area contributed by atoms with E-state index in [1.54, 1.807) is 0 Å². The summed E-state index contributed by atoms with van der Waals surface area (Å²) in [7, 11) is 0. The molecule has 2 aliphatic rings. The first-order chi connectivity index (χ1) is 9.25. The van der Waals surface area contributed by atoms with Crippen molar-refractivity contribution < 1.29 is 9.18 Å². The van der Waals surface area contributed by atoms with E-state index in [-0.39, 0.29) is 11.5 Å². The Bertz CT molecular complexity index is 477. The summed E-state index contributed by atoms with van der Waals surface area (Å²) in [5.41, 5.74) is 0.0935. The maximum Gasteiger partial charge on any atom is 0.254 e. The fourth-order valence-corrected chi connectivity index (χ4v) is 3.82. The number of nitrogens with zero attached hydrogens (tertiary/aromatic N) is 1. The van der Waals surface area contributed by atoms with Crippen molar-refractivity contribution in [1.82, 2.24) is 10.3 Å². The molecule has 1 aromatic rings. The molecule has 0 bridgehead atoms. The Morgan fingerprint density at radius 1 is 1.37 bits per heavy atom. The Morgan fingerprint density at radius 3 is 3.11 bits per heavy atom. The second-order valence-electron chi connectivity index (χ2n) is 5.76. The van der Waals surface area contributed by atoms with Crippen LogP contribution in [0.2, 0.25) is 0 Å². The molecule has 0 spiro atoms. The van der Waals surface area contributed by atoms with Crippen molar-refractivity contribution in [1.29, 1.82) is 0 Å². The first-order valence-corrected chi connectivity index (χ1v) is 7.13. The topological polar surface area (TPSA) is 42.0 Å². The van der Waals surface area contributed by atoms with E-state index in [1.165, 1.54) is 44.4 Å². The van der Waals surface area contributed by atoms with E-state index < -0.39 is 5.82 Å². The Morgan fingerprint density at radius 2 is 2.26 bits per heavy atom. The zero-order chi connectivity index (χ0) is 13.2. The van der Waals surface area contributed by atoms with Crippen molar-refractivity contribution in [2.24, 2.45) is 17.8 Å². The van der Waals surface area contributed by atoms with Crippen LogP contribution in [0.3, 0.4) is 0 Å². The van der Waals surface area contributed by atoms with Crippen LogP contribution in [0.1, 0.15) is 42.5 Å². The van der Waals surface area contributed by atoms with Gasteiger partial charge in [0.2, 0.25) is 0 Å². The number of nitrogens with one attached hydrogen (secondary N) is 1. The van der Waals surface area contributed by atoms with Gasteiger partial charge in [0.25, 0.3) is 5.91 Å². The summed E-state index contributed by atoms with van der Waals surface area (Å²) in [4.78, 5) is 15.6. The molecule has 0 unspecified atom stereocenters. The van der Waals surface area contributed by atoms with Crippen LogP contribution in [0.25, 0.3) is 0 Å². The zero-order valence-corrected chi connectivity index (χ0v) is 10.9. The monoisotopic (exact) mass is 262 g/mol. The van der Waals surface area contributed by atoms with Gasteiger partial charge < -0.3 is 5.32 Å². The molecule has 0 aromatic carbocycles. The van der Waals surface area contributed by atoms with Crippen LogP contribution in [-0.4, -0.2) is 17.4 Å². The second kappa shape index (κ2) is 5.27. The zero-order valence-electron chi connectivity index (χ0n) is 10.9. The standard InChI is InChI=1S/C15H19FN2O/c16-14-9-17-7-6-13(14)15(19)18-8-11-5-4-10-2-1-3-12(10)11/h6-7,9-12H,1-5,8H2,(H,18,19)/t10-,11+,12-/m0/s1. The van der Waals surface area contributed by atoms with E-state index >= 15 is 0 Å². The highest BCUT2D eigenvalue weighted by atomic mass is 19.1. The van der Waals surface area contributed by atoms with Crippen LogP contribution in [-0.2, 0) is 0 Å². The minimum atomic E-state index is -0.551. The molecule has 1 heterocycles. The molecular weight excluding hydrogens is 243 g/mol. The molecule has 2 fully saturated rings. The fourth-order valence-electron chi connectivity index (χ4n) is 3.82. The third-order valence-corrected chi connectivity index (χ3v) is 4.77. The molecule has 0 saturated heterocycles. The van der Waals surface area contributed by atoms with Crippen molar-refractivity contribution in [2.75, 3.05) is 6.54 Å². The van der Waals surface area contributed by atoms with Crippen LogP contribution < -0.4 is 5.32 Å². The molecule has 102 valence electrons. The van der Waals surface area contributed by atoms with Crippen molar-refractivity contribution >= 4 is 5.91 Å². The first-order valence-electron chi connectivity index (χ1n) is 7.13. The van der Waals surface area contributed by atoms with Gasteiger partial charge in [0.05, 0.1) is 11.8 Å². The van der Waals surface area contributed by atoms with Crippen LogP contribution in [0.4, 0.5) is 4.39 Å². The van der Waals surface area contributed by atoms with Gasteiger partial charge in [0.15, 0.2) is 5.82 Å². The third-order valence-electron chi connectivity index (χ3n) is 4.77. The number of halogens is 1. The Kier molecular flexibility index (Phi) is 3.49. The van der Waals surface area contributed by atoms with Crippen molar-refractivity contribution in [3.63, 3.8) is 0 Å². The molecule has 0 aliphatic heterocycles. The Labute approximate surface area is 112 Å². The first kappa shape index (κ1) is 12.6. The average Bonchev–Trinajstić information content (AvgIpc) is 3.00. The lowest BCUT2D eigenvalue weighted by molar-refractivity contribution is 0.0939. The number of amides is 1. The maximum absolute atomic E-state index is 13.4. The fraction of sp³-hybridized carbons (Fsp3) is 0.600. The smallest absolute Gasteiger partial charge is 0.254 e. The highest BCUT2D eigenvalue weighted by Crippen LogP contribution is 2.47. The summed E-state index contributed by atoms with van der Waals surface area (Å²) >= 11 is 0. The van der Waals surface area contributed by atoms with Crippen LogP contribution >= 0.6 is 0 Å². The van der Waals surface area contributed by atoms with Crippen molar-refractivity contribution in [3.05, 3.63) is 29.8 Å². The highest BCUT2D eigenvalue weighted by molar-refractivity contribution is 5.94. The number of carbonyl (C=O) groups excluding carboxylic acids is 1. The van der Waals surface area contributed by atoms with Crippen LogP contribution in [0.15, 0.2) is 18.5 Å². The maximum atomic E-state index is 13.4. The highest BCUT2D eigenvalue weighted by Gasteiger charge is 2.38. The second-order valence-corrected chi connectivity index (χ2v) is 5.76. The summed E-state index contributed by atoms with van der Waals surface area (Å²) in [6, 6.07) is 1.43. The molecule has 1 amide bonds. The predicted molar refractivity (Wildman–Crippen MR) is 70.1 cm³/mol. The molecule has 1 aromatic heterocycles. The van der Waals surface area contributed by atoms with E-state index in [2.05, 4.69) is 10.3 Å². The van der Waals surface area contributed by atoms with E-state index in [4.69, 9.17) is 0 Å². The van der Waals surface area contributed by atoms with Gasteiger partial charge in [-0.15, -0.1) is 0 Å². The van der Waals surface area contributed by atoms with Crippen molar-refractivity contribution in [3.8, 4) is 0 Å². The minimum Gasteiger partial charge on any atom is -0.352 e. The lowest BCUT2D eigenvalue weighted by Gasteiger charge is -2.19. The lowest BCUT2D eigenvalue weighted by Crippen LogP contribution is -2.31. The SMILES string of the molecule is O=C(NC[C@H]1CC[C@@H]2CCC[C@@H]21)c1ccncc1F. The van der Waals surface area contributed by atoms with E-state index in [1.807, 2.05) is 0 Å². The molecule has 2 aliphatic carbocycles. The van der Waals surface area contributed by atoms with Gasteiger partial charge in [0.1, 0.15) is 0 Å². The number of aromatic nitrogens is 1. The van der Waals surface area contributed by atoms with Gasteiger partial charge >= 0.3 is 0 Å². The van der Waals surface area contributed by atoms with E-state index in [9.17, 15) is 9.18 Å².